The molecule has 1 aliphatic rings. The molecule has 0 spiro atoms. The lowest BCUT2D eigenvalue weighted by Crippen LogP contribution is -2.55. The first kappa shape index (κ1) is 13.9. The van der Waals surface area contributed by atoms with Gasteiger partial charge in [-0.05, 0) is 12.3 Å². The maximum Gasteiger partial charge on any atom is 0.0622 e. The standard InChI is InChI=1S/C13H28N2O/c1-4-11(5-2)13(9-14)15-7-8-16-10-12(15)6-3/h11-13H,4-10,14H2,1-3H3. The number of rotatable bonds is 6. The summed E-state index contributed by atoms with van der Waals surface area (Å²) in [5, 5.41) is 0. The number of ether oxygens (including phenoxy) is 1. The van der Waals surface area contributed by atoms with Crippen LogP contribution in [0.15, 0.2) is 0 Å². The largest absolute Gasteiger partial charge is 0.378 e. The summed E-state index contributed by atoms with van der Waals surface area (Å²) < 4.78 is 5.56. The zero-order valence-electron chi connectivity index (χ0n) is 11.1. The number of morpholine rings is 1. The Morgan fingerprint density at radius 1 is 1.31 bits per heavy atom. The summed E-state index contributed by atoms with van der Waals surface area (Å²) in [5.74, 6) is 0.733. The van der Waals surface area contributed by atoms with E-state index < -0.39 is 0 Å². The normalized spacial score (nSPS) is 24.9. The lowest BCUT2D eigenvalue weighted by molar-refractivity contribution is -0.0411. The van der Waals surface area contributed by atoms with E-state index in [1.165, 1.54) is 12.8 Å². The predicted molar refractivity (Wildman–Crippen MR) is 68.5 cm³/mol. The fraction of sp³-hybridized carbons (Fsp3) is 1.00. The average molecular weight is 228 g/mol. The number of hydrogen-bond acceptors (Lipinski definition) is 3. The lowest BCUT2D eigenvalue weighted by Gasteiger charge is -2.43. The van der Waals surface area contributed by atoms with E-state index in [0.29, 0.717) is 12.1 Å². The summed E-state index contributed by atoms with van der Waals surface area (Å²) in [5.41, 5.74) is 5.99. The van der Waals surface area contributed by atoms with Crippen LogP contribution in [0.1, 0.15) is 40.0 Å². The van der Waals surface area contributed by atoms with Gasteiger partial charge in [0.1, 0.15) is 0 Å². The Morgan fingerprint density at radius 2 is 2.00 bits per heavy atom. The van der Waals surface area contributed by atoms with Crippen molar-refractivity contribution >= 4 is 0 Å². The second kappa shape index (κ2) is 7.25. The summed E-state index contributed by atoms with van der Waals surface area (Å²) >= 11 is 0. The van der Waals surface area contributed by atoms with Gasteiger partial charge in [-0.1, -0.05) is 33.6 Å². The van der Waals surface area contributed by atoms with Gasteiger partial charge in [-0.25, -0.2) is 0 Å². The topological polar surface area (TPSA) is 38.5 Å². The summed E-state index contributed by atoms with van der Waals surface area (Å²) in [7, 11) is 0. The smallest absolute Gasteiger partial charge is 0.0622 e. The van der Waals surface area contributed by atoms with Gasteiger partial charge >= 0.3 is 0 Å². The van der Waals surface area contributed by atoms with Gasteiger partial charge in [-0.3, -0.25) is 4.90 Å². The Morgan fingerprint density at radius 3 is 2.50 bits per heavy atom. The molecule has 16 heavy (non-hydrogen) atoms. The van der Waals surface area contributed by atoms with Gasteiger partial charge in [0.2, 0.25) is 0 Å². The highest BCUT2D eigenvalue weighted by Gasteiger charge is 2.31. The number of hydrogen-bond donors (Lipinski definition) is 1. The number of nitrogens with two attached hydrogens (primary N) is 1. The van der Waals surface area contributed by atoms with E-state index in [2.05, 4.69) is 25.7 Å². The molecule has 2 N–H and O–H groups in total. The fourth-order valence-corrected chi connectivity index (χ4v) is 2.89. The summed E-state index contributed by atoms with van der Waals surface area (Å²) in [6, 6.07) is 1.12. The third-order valence-electron chi connectivity index (χ3n) is 4.00. The summed E-state index contributed by atoms with van der Waals surface area (Å²) in [6.07, 6.45) is 3.62. The van der Waals surface area contributed by atoms with Crippen molar-refractivity contribution in [3.8, 4) is 0 Å². The molecule has 0 amide bonds. The molecular weight excluding hydrogens is 200 g/mol. The van der Waals surface area contributed by atoms with Crippen molar-refractivity contribution < 1.29 is 4.74 Å². The van der Waals surface area contributed by atoms with Crippen molar-refractivity contribution in [3.05, 3.63) is 0 Å². The van der Waals surface area contributed by atoms with E-state index in [4.69, 9.17) is 10.5 Å². The molecule has 1 saturated heterocycles. The van der Waals surface area contributed by atoms with Crippen molar-refractivity contribution in [2.75, 3.05) is 26.3 Å². The molecule has 3 heteroatoms. The molecule has 3 nitrogen and oxygen atoms in total. The summed E-state index contributed by atoms with van der Waals surface area (Å²) in [6.45, 7) is 10.4. The molecule has 0 radical (unpaired) electrons. The van der Waals surface area contributed by atoms with Crippen LogP contribution < -0.4 is 5.73 Å². The van der Waals surface area contributed by atoms with Crippen molar-refractivity contribution in [1.82, 2.24) is 4.90 Å². The molecule has 2 unspecified atom stereocenters. The molecule has 1 fully saturated rings. The van der Waals surface area contributed by atoms with Gasteiger partial charge < -0.3 is 10.5 Å². The van der Waals surface area contributed by atoms with Gasteiger partial charge in [0.05, 0.1) is 13.2 Å². The van der Waals surface area contributed by atoms with E-state index in [1.54, 1.807) is 0 Å². The minimum absolute atomic E-state index is 0.545. The Hall–Kier alpha value is -0.120. The summed E-state index contributed by atoms with van der Waals surface area (Å²) in [4.78, 5) is 2.60. The SMILES string of the molecule is CCC(CC)C(CN)N1CCOCC1CC. The Bertz CT molecular complexity index is 175. The highest BCUT2D eigenvalue weighted by Crippen LogP contribution is 2.23. The van der Waals surface area contributed by atoms with Crippen LogP contribution in [0.3, 0.4) is 0 Å². The van der Waals surface area contributed by atoms with E-state index in [1.807, 2.05) is 0 Å². The third-order valence-corrected chi connectivity index (χ3v) is 4.00. The minimum atomic E-state index is 0.545. The van der Waals surface area contributed by atoms with Gasteiger partial charge in [-0.2, -0.15) is 0 Å². The van der Waals surface area contributed by atoms with Crippen LogP contribution in [0.25, 0.3) is 0 Å². The second-order valence-electron chi connectivity index (χ2n) is 4.75. The molecule has 96 valence electrons. The zero-order valence-corrected chi connectivity index (χ0v) is 11.1. The van der Waals surface area contributed by atoms with Crippen LogP contribution in [0.2, 0.25) is 0 Å². The maximum atomic E-state index is 5.99. The fourth-order valence-electron chi connectivity index (χ4n) is 2.89. The first-order valence-electron chi connectivity index (χ1n) is 6.81. The van der Waals surface area contributed by atoms with Crippen molar-refractivity contribution in [2.45, 2.75) is 52.1 Å². The van der Waals surface area contributed by atoms with Gasteiger partial charge in [0, 0.05) is 25.2 Å². The molecule has 0 aromatic heterocycles. The Balaban J connectivity index is 2.67. The molecule has 1 heterocycles. The van der Waals surface area contributed by atoms with Crippen LogP contribution in [-0.2, 0) is 4.74 Å². The van der Waals surface area contributed by atoms with Crippen LogP contribution in [0.5, 0.6) is 0 Å². The highest BCUT2D eigenvalue weighted by atomic mass is 16.5. The molecule has 2 atom stereocenters. The minimum Gasteiger partial charge on any atom is -0.378 e. The third kappa shape index (κ3) is 3.19. The van der Waals surface area contributed by atoms with Crippen LogP contribution >= 0.6 is 0 Å². The number of nitrogens with zero attached hydrogens (tertiary/aromatic N) is 1. The molecule has 0 aromatic rings. The van der Waals surface area contributed by atoms with Crippen LogP contribution in [-0.4, -0.2) is 43.3 Å². The van der Waals surface area contributed by atoms with E-state index in [0.717, 1.165) is 38.6 Å². The van der Waals surface area contributed by atoms with Crippen LogP contribution in [0.4, 0.5) is 0 Å². The monoisotopic (exact) mass is 228 g/mol. The average Bonchev–Trinajstić information content (AvgIpc) is 2.35. The van der Waals surface area contributed by atoms with Gasteiger partial charge in [0.15, 0.2) is 0 Å². The Labute approximate surface area is 100 Å². The van der Waals surface area contributed by atoms with E-state index >= 15 is 0 Å². The predicted octanol–water partition coefficient (Wildman–Crippen LogP) is 1.86. The highest BCUT2D eigenvalue weighted by molar-refractivity contribution is 4.85. The lowest BCUT2D eigenvalue weighted by atomic mass is 9.91. The molecule has 0 aromatic carbocycles. The molecule has 1 aliphatic heterocycles. The zero-order chi connectivity index (χ0) is 12.0. The molecular formula is C13H28N2O. The second-order valence-corrected chi connectivity index (χ2v) is 4.75. The van der Waals surface area contributed by atoms with E-state index in [9.17, 15) is 0 Å². The van der Waals surface area contributed by atoms with Gasteiger partial charge in [-0.15, -0.1) is 0 Å². The first-order chi connectivity index (χ1) is 7.78. The molecule has 0 bridgehead atoms. The van der Waals surface area contributed by atoms with Crippen molar-refractivity contribution in [2.24, 2.45) is 11.7 Å². The molecule has 0 aliphatic carbocycles. The van der Waals surface area contributed by atoms with E-state index in [-0.39, 0.29) is 0 Å². The molecule has 1 rings (SSSR count). The van der Waals surface area contributed by atoms with Gasteiger partial charge in [0.25, 0.3) is 0 Å². The quantitative estimate of drug-likeness (QED) is 0.754. The van der Waals surface area contributed by atoms with Crippen LogP contribution in [0, 0.1) is 5.92 Å². The van der Waals surface area contributed by atoms with Crippen molar-refractivity contribution in [3.63, 3.8) is 0 Å². The van der Waals surface area contributed by atoms with Crippen molar-refractivity contribution in [1.29, 1.82) is 0 Å². The maximum absolute atomic E-state index is 5.99. The Kier molecular flexibility index (Phi) is 6.32. The first-order valence-corrected chi connectivity index (χ1v) is 6.81. The molecule has 0 saturated carbocycles.